The van der Waals surface area contributed by atoms with Crippen molar-refractivity contribution >= 4 is 17.6 Å². The summed E-state index contributed by atoms with van der Waals surface area (Å²) in [5, 5.41) is 15.2. The molecule has 0 amide bonds. The molecule has 1 aliphatic heterocycles. The molecule has 1 fully saturated rings. The molecule has 1 atom stereocenters. The number of aliphatic hydroxyl groups is 1. The number of halogens is 1. The summed E-state index contributed by atoms with van der Waals surface area (Å²) >= 11 is 5.92. The van der Waals surface area contributed by atoms with Gasteiger partial charge < -0.3 is 23.8 Å². The van der Waals surface area contributed by atoms with Crippen LogP contribution in [0.15, 0.2) is 28.8 Å². The molecule has 0 saturated carbocycles. The Morgan fingerprint density at radius 1 is 1.24 bits per heavy atom. The zero-order valence-corrected chi connectivity index (χ0v) is 17.8. The van der Waals surface area contributed by atoms with Crippen molar-refractivity contribution in [2.75, 3.05) is 19.8 Å². The summed E-state index contributed by atoms with van der Waals surface area (Å²) in [6.45, 7) is 8.53. The van der Waals surface area contributed by atoms with Crippen molar-refractivity contribution in [1.29, 1.82) is 0 Å². The fourth-order valence-corrected chi connectivity index (χ4v) is 3.27. The van der Waals surface area contributed by atoms with Crippen LogP contribution in [0, 0.1) is 5.41 Å². The number of hydrogen-bond donors (Lipinski definition) is 1. The van der Waals surface area contributed by atoms with Crippen molar-refractivity contribution in [3.8, 4) is 0 Å². The van der Waals surface area contributed by atoms with E-state index in [4.69, 9.17) is 30.3 Å². The molecular formula is C21H26ClNO6. The molecule has 1 aromatic carbocycles. The SMILES string of the molecule is CCOC(=O)c1noc(CC(O)c2ccc(Cl)cc2)c1C1(C)OCC(C)(C)CO1. The van der Waals surface area contributed by atoms with E-state index in [1.165, 1.54) is 0 Å². The number of aromatic nitrogens is 1. The lowest BCUT2D eigenvalue weighted by molar-refractivity contribution is -0.298. The summed E-state index contributed by atoms with van der Waals surface area (Å²) in [4.78, 5) is 12.5. The number of aliphatic hydroxyl groups excluding tert-OH is 1. The first-order valence-corrected chi connectivity index (χ1v) is 9.90. The van der Waals surface area contributed by atoms with E-state index in [1.807, 2.05) is 13.8 Å². The molecular weight excluding hydrogens is 398 g/mol. The van der Waals surface area contributed by atoms with E-state index in [0.29, 0.717) is 35.1 Å². The molecule has 7 nitrogen and oxygen atoms in total. The van der Waals surface area contributed by atoms with Gasteiger partial charge in [0.2, 0.25) is 0 Å². The summed E-state index contributed by atoms with van der Waals surface area (Å²) in [5.41, 5.74) is 0.835. The van der Waals surface area contributed by atoms with E-state index >= 15 is 0 Å². The molecule has 8 heteroatoms. The molecule has 0 radical (unpaired) electrons. The van der Waals surface area contributed by atoms with Crippen LogP contribution in [-0.4, -0.2) is 36.1 Å². The first kappa shape index (κ1) is 21.8. The Labute approximate surface area is 174 Å². The van der Waals surface area contributed by atoms with Crippen LogP contribution in [0.25, 0.3) is 0 Å². The minimum absolute atomic E-state index is 0.00707. The number of carbonyl (C=O) groups excluding carboxylic acids is 1. The maximum atomic E-state index is 12.5. The molecule has 0 bridgehead atoms. The molecule has 158 valence electrons. The second-order valence-electron chi connectivity index (χ2n) is 8.01. The highest BCUT2D eigenvalue weighted by Crippen LogP contribution is 2.40. The third-order valence-corrected chi connectivity index (χ3v) is 5.05. The smallest absolute Gasteiger partial charge is 0.361 e. The largest absolute Gasteiger partial charge is 0.461 e. The predicted octanol–water partition coefficient (Wildman–Crippen LogP) is 4.03. The molecule has 1 unspecified atom stereocenters. The Morgan fingerprint density at radius 3 is 2.45 bits per heavy atom. The van der Waals surface area contributed by atoms with Crippen LogP contribution < -0.4 is 0 Å². The van der Waals surface area contributed by atoms with Gasteiger partial charge in [-0.3, -0.25) is 0 Å². The summed E-state index contributed by atoms with van der Waals surface area (Å²) in [7, 11) is 0. The first-order chi connectivity index (χ1) is 13.6. The van der Waals surface area contributed by atoms with Crippen LogP contribution >= 0.6 is 11.6 Å². The van der Waals surface area contributed by atoms with Crippen LogP contribution in [0.4, 0.5) is 0 Å². The van der Waals surface area contributed by atoms with Gasteiger partial charge in [0.25, 0.3) is 0 Å². The molecule has 1 N–H and O–H groups in total. The van der Waals surface area contributed by atoms with Crippen LogP contribution in [0.2, 0.25) is 5.02 Å². The molecule has 2 heterocycles. The molecule has 29 heavy (non-hydrogen) atoms. The normalized spacial score (nSPS) is 19.0. The molecule has 1 aliphatic rings. The lowest BCUT2D eigenvalue weighted by Crippen LogP contribution is -2.44. The maximum absolute atomic E-state index is 12.5. The van der Waals surface area contributed by atoms with E-state index in [2.05, 4.69) is 5.16 Å². The minimum Gasteiger partial charge on any atom is -0.461 e. The number of rotatable bonds is 6. The molecule has 0 aliphatic carbocycles. The van der Waals surface area contributed by atoms with Crippen molar-refractivity contribution in [2.24, 2.45) is 5.41 Å². The van der Waals surface area contributed by atoms with Gasteiger partial charge in [0.05, 0.1) is 31.5 Å². The van der Waals surface area contributed by atoms with E-state index in [0.717, 1.165) is 0 Å². The van der Waals surface area contributed by atoms with E-state index < -0.39 is 17.9 Å². The van der Waals surface area contributed by atoms with Gasteiger partial charge >= 0.3 is 5.97 Å². The Bertz CT molecular complexity index is 851. The van der Waals surface area contributed by atoms with Gasteiger partial charge in [0, 0.05) is 16.9 Å². The molecule has 1 aromatic heterocycles. The van der Waals surface area contributed by atoms with E-state index in [-0.39, 0.29) is 24.1 Å². The van der Waals surface area contributed by atoms with Crippen LogP contribution in [0.1, 0.15) is 61.2 Å². The number of ether oxygens (including phenoxy) is 3. The van der Waals surface area contributed by atoms with Gasteiger partial charge in [0.15, 0.2) is 11.5 Å². The Balaban J connectivity index is 1.95. The van der Waals surface area contributed by atoms with Gasteiger partial charge in [-0.15, -0.1) is 0 Å². The Hall–Kier alpha value is -1.93. The van der Waals surface area contributed by atoms with E-state index in [9.17, 15) is 9.90 Å². The fraction of sp³-hybridized carbons (Fsp3) is 0.524. The average molecular weight is 424 g/mol. The monoisotopic (exact) mass is 423 g/mol. The third-order valence-electron chi connectivity index (χ3n) is 4.80. The molecule has 0 spiro atoms. The second kappa shape index (κ2) is 8.44. The highest BCUT2D eigenvalue weighted by Gasteiger charge is 2.45. The lowest BCUT2D eigenvalue weighted by atomic mass is 9.92. The lowest BCUT2D eigenvalue weighted by Gasteiger charge is -2.41. The van der Waals surface area contributed by atoms with Crippen LogP contribution in [-0.2, 0) is 26.4 Å². The van der Waals surface area contributed by atoms with Crippen molar-refractivity contribution < 1.29 is 28.6 Å². The summed E-state index contributed by atoms with van der Waals surface area (Å²) in [5.74, 6) is -1.57. The van der Waals surface area contributed by atoms with Crippen molar-refractivity contribution in [1.82, 2.24) is 5.16 Å². The molecule has 1 saturated heterocycles. The summed E-state index contributed by atoms with van der Waals surface area (Å²) in [6.07, 6.45) is -0.813. The predicted molar refractivity (Wildman–Crippen MR) is 106 cm³/mol. The number of nitrogens with zero attached hydrogens (tertiary/aromatic N) is 1. The van der Waals surface area contributed by atoms with Crippen LogP contribution in [0.5, 0.6) is 0 Å². The minimum atomic E-state index is -1.24. The van der Waals surface area contributed by atoms with Crippen molar-refractivity contribution in [2.45, 2.75) is 46.0 Å². The van der Waals surface area contributed by atoms with Gasteiger partial charge in [-0.25, -0.2) is 4.79 Å². The second-order valence-corrected chi connectivity index (χ2v) is 8.45. The topological polar surface area (TPSA) is 91.0 Å². The number of benzene rings is 1. The summed E-state index contributed by atoms with van der Waals surface area (Å²) < 4.78 is 22.6. The molecule has 3 rings (SSSR count). The average Bonchev–Trinajstić information content (AvgIpc) is 3.10. The zero-order valence-electron chi connectivity index (χ0n) is 17.0. The quantitative estimate of drug-likeness (QED) is 0.701. The maximum Gasteiger partial charge on any atom is 0.361 e. The highest BCUT2D eigenvalue weighted by atomic mass is 35.5. The third kappa shape index (κ3) is 4.80. The van der Waals surface area contributed by atoms with Crippen LogP contribution in [0.3, 0.4) is 0 Å². The Morgan fingerprint density at radius 2 is 1.86 bits per heavy atom. The van der Waals surface area contributed by atoms with Crippen molar-refractivity contribution in [3.05, 3.63) is 51.9 Å². The highest BCUT2D eigenvalue weighted by molar-refractivity contribution is 6.30. The number of carbonyl (C=O) groups is 1. The van der Waals surface area contributed by atoms with E-state index in [1.54, 1.807) is 38.1 Å². The Kier molecular flexibility index (Phi) is 6.33. The summed E-state index contributed by atoms with van der Waals surface area (Å²) in [6, 6.07) is 6.85. The van der Waals surface area contributed by atoms with Gasteiger partial charge in [-0.2, -0.15) is 0 Å². The standard InChI is InChI=1S/C21H26ClNO6/c1-5-26-19(25)18-17(21(4)27-11-20(2,3)12-28-21)16(29-23-18)10-15(24)13-6-8-14(22)9-7-13/h6-9,15,24H,5,10-12H2,1-4H3. The first-order valence-electron chi connectivity index (χ1n) is 9.53. The number of hydrogen-bond acceptors (Lipinski definition) is 7. The van der Waals surface area contributed by atoms with Gasteiger partial charge in [0.1, 0.15) is 5.76 Å². The van der Waals surface area contributed by atoms with Gasteiger partial charge in [-0.05, 0) is 31.5 Å². The number of esters is 1. The zero-order chi connectivity index (χ0) is 21.2. The van der Waals surface area contributed by atoms with Gasteiger partial charge in [-0.1, -0.05) is 42.7 Å². The molecule has 2 aromatic rings. The fourth-order valence-electron chi connectivity index (χ4n) is 3.14. The van der Waals surface area contributed by atoms with Crippen molar-refractivity contribution in [3.63, 3.8) is 0 Å².